The maximum absolute atomic E-state index is 5.82. The molecule has 0 atom stereocenters. The highest BCUT2D eigenvalue weighted by Crippen LogP contribution is 2.15. The first kappa shape index (κ1) is 25.4. The number of pyridine rings is 1. The van der Waals surface area contributed by atoms with Gasteiger partial charge in [0.15, 0.2) is 5.96 Å². The molecule has 0 aliphatic carbocycles. The summed E-state index contributed by atoms with van der Waals surface area (Å²) < 4.78 is 11.3. The van der Waals surface area contributed by atoms with E-state index in [-0.39, 0.29) is 29.5 Å². The highest BCUT2D eigenvalue weighted by atomic mass is 127. The minimum atomic E-state index is 0. The molecule has 1 fully saturated rings. The van der Waals surface area contributed by atoms with Crippen LogP contribution in [0.1, 0.15) is 25.0 Å². The molecule has 31 heavy (non-hydrogen) atoms. The lowest BCUT2D eigenvalue weighted by Crippen LogP contribution is -2.56. The first-order valence-electron chi connectivity index (χ1n) is 10.5. The van der Waals surface area contributed by atoms with Gasteiger partial charge in [0.25, 0.3) is 0 Å². The Morgan fingerprint density at radius 3 is 2.58 bits per heavy atom. The molecule has 2 aromatic rings. The number of aromatic nitrogens is 1. The van der Waals surface area contributed by atoms with Gasteiger partial charge in [0.2, 0.25) is 5.88 Å². The second-order valence-electron chi connectivity index (χ2n) is 7.97. The topological polar surface area (TPSA) is 71.0 Å². The third-order valence-electron chi connectivity index (χ3n) is 5.27. The van der Waals surface area contributed by atoms with Crippen LogP contribution in [0.3, 0.4) is 0 Å². The Morgan fingerprint density at radius 2 is 1.87 bits per heavy atom. The second kappa shape index (κ2) is 12.8. The van der Waals surface area contributed by atoms with E-state index in [0.29, 0.717) is 19.0 Å². The van der Waals surface area contributed by atoms with Crippen molar-refractivity contribution in [2.75, 3.05) is 39.9 Å². The fourth-order valence-corrected chi connectivity index (χ4v) is 3.36. The van der Waals surface area contributed by atoms with E-state index in [1.807, 2.05) is 42.5 Å². The number of ether oxygens (including phenoxy) is 2. The molecule has 3 rings (SSSR count). The standard InChI is InChI=1S/C23H33N5O2.HI/c1-23(2,28-11-13-29-14-12-28)18-27-22(24-3)26-16-20-9-10-25-21(15-20)30-17-19-7-5-4-6-8-19;/h4-10,15H,11-14,16-18H2,1-3H3,(H2,24,26,27);1H. The summed E-state index contributed by atoms with van der Waals surface area (Å²) in [6.45, 7) is 9.96. The smallest absolute Gasteiger partial charge is 0.213 e. The lowest BCUT2D eigenvalue weighted by Gasteiger charge is -2.41. The van der Waals surface area contributed by atoms with Crippen molar-refractivity contribution < 1.29 is 9.47 Å². The first-order chi connectivity index (χ1) is 14.6. The molecule has 7 nitrogen and oxygen atoms in total. The Kier molecular flexibility index (Phi) is 10.5. The van der Waals surface area contributed by atoms with Crippen molar-refractivity contribution in [1.82, 2.24) is 20.5 Å². The molecule has 2 N–H and O–H groups in total. The molecule has 1 aromatic heterocycles. The van der Waals surface area contributed by atoms with Crippen LogP contribution >= 0.6 is 24.0 Å². The van der Waals surface area contributed by atoms with Gasteiger partial charge >= 0.3 is 0 Å². The van der Waals surface area contributed by atoms with Crippen molar-refractivity contribution >= 4 is 29.9 Å². The van der Waals surface area contributed by atoms with Crippen LogP contribution < -0.4 is 15.4 Å². The number of rotatable bonds is 8. The fourth-order valence-electron chi connectivity index (χ4n) is 3.36. The van der Waals surface area contributed by atoms with Crippen LogP contribution in [-0.4, -0.2) is 61.3 Å². The number of nitrogens with zero attached hydrogens (tertiary/aromatic N) is 3. The minimum Gasteiger partial charge on any atom is -0.473 e. The van der Waals surface area contributed by atoms with Gasteiger partial charge in [-0.05, 0) is 31.0 Å². The van der Waals surface area contributed by atoms with E-state index in [4.69, 9.17) is 9.47 Å². The Balaban J connectivity index is 0.00000341. The fraction of sp³-hybridized carbons (Fsp3) is 0.478. The van der Waals surface area contributed by atoms with Gasteiger partial charge in [0, 0.05) is 51.0 Å². The Bertz CT molecular complexity index is 811. The minimum absolute atomic E-state index is 0. The molecule has 170 valence electrons. The number of morpholine rings is 1. The maximum atomic E-state index is 5.82. The molecule has 2 heterocycles. The number of hydrogen-bond donors (Lipinski definition) is 2. The summed E-state index contributed by atoms with van der Waals surface area (Å²) in [6.07, 6.45) is 1.77. The van der Waals surface area contributed by atoms with Gasteiger partial charge in [-0.3, -0.25) is 9.89 Å². The lowest BCUT2D eigenvalue weighted by atomic mass is 10.0. The van der Waals surface area contributed by atoms with E-state index in [0.717, 1.165) is 49.9 Å². The van der Waals surface area contributed by atoms with Gasteiger partial charge in [0.1, 0.15) is 6.61 Å². The number of halogens is 1. The third kappa shape index (κ3) is 8.27. The van der Waals surface area contributed by atoms with Crippen molar-refractivity contribution in [1.29, 1.82) is 0 Å². The maximum Gasteiger partial charge on any atom is 0.213 e. The largest absolute Gasteiger partial charge is 0.473 e. The average Bonchev–Trinajstić information content (AvgIpc) is 2.79. The molecular formula is C23H34IN5O2. The van der Waals surface area contributed by atoms with Crippen molar-refractivity contribution in [3.63, 3.8) is 0 Å². The Hall–Kier alpha value is -1.91. The van der Waals surface area contributed by atoms with Crippen LogP contribution in [0.2, 0.25) is 0 Å². The molecule has 1 saturated heterocycles. The normalized spacial score (nSPS) is 15.1. The van der Waals surface area contributed by atoms with Crippen molar-refractivity contribution in [3.05, 3.63) is 59.8 Å². The number of hydrogen-bond acceptors (Lipinski definition) is 5. The van der Waals surface area contributed by atoms with Gasteiger partial charge in [-0.1, -0.05) is 30.3 Å². The van der Waals surface area contributed by atoms with Crippen LogP contribution in [0.5, 0.6) is 5.88 Å². The molecule has 0 amide bonds. The first-order valence-corrected chi connectivity index (χ1v) is 10.5. The van der Waals surface area contributed by atoms with Crippen LogP contribution in [0.4, 0.5) is 0 Å². The molecular weight excluding hydrogens is 505 g/mol. The van der Waals surface area contributed by atoms with Gasteiger partial charge in [-0.2, -0.15) is 0 Å². The zero-order valence-corrected chi connectivity index (χ0v) is 21.0. The summed E-state index contributed by atoms with van der Waals surface area (Å²) in [7, 11) is 1.79. The molecule has 8 heteroatoms. The summed E-state index contributed by atoms with van der Waals surface area (Å²) in [5.74, 6) is 1.40. The van der Waals surface area contributed by atoms with Crippen molar-refractivity contribution in [3.8, 4) is 5.88 Å². The van der Waals surface area contributed by atoms with E-state index in [2.05, 4.69) is 39.4 Å². The molecule has 1 aromatic carbocycles. The second-order valence-corrected chi connectivity index (χ2v) is 7.97. The lowest BCUT2D eigenvalue weighted by molar-refractivity contribution is -0.00834. The monoisotopic (exact) mass is 539 g/mol. The number of guanidine groups is 1. The molecule has 0 unspecified atom stereocenters. The highest BCUT2D eigenvalue weighted by Gasteiger charge is 2.28. The van der Waals surface area contributed by atoms with Gasteiger partial charge in [-0.25, -0.2) is 4.98 Å². The molecule has 0 radical (unpaired) electrons. The predicted octanol–water partition coefficient (Wildman–Crippen LogP) is 3.05. The molecule has 1 aliphatic heterocycles. The van der Waals surface area contributed by atoms with Crippen LogP contribution in [0.25, 0.3) is 0 Å². The average molecular weight is 539 g/mol. The summed E-state index contributed by atoms with van der Waals surface area (Å²) >= 11 is 0. The third-order valence-corrected chi connectivity index (χ3v) is 5.27. The zero-order chi connectivity index (χ0) is 21.2. The van der Waals surface area contributed by atoms with Gasteiger partial charge < -0.3 is 20.1 Å². The quantitative estimate of drug-likeness (QED) is 0.306. The summed E-state index contributed by atoms with van der Waals surface area (Å²) in [6, 6.07) is 14.0. The van der Waals surface area contributed by atoms with Crippen molar-refractivity contribution in [2.24, 2.45) is 4.99 Å². The molecule has 1 aliphatic rings. The van der Waals surface area contributed by atoms with E-state index >= 15 is 0 Å². The van der Waals surface area contributed by atoms with Gasteiger partial charge in [-0.15, -0.1) is 24.0 Å². The van der Waals surface area contributed by atoms with Crippen molar-refractivity contribution in [2.45, 2.75) is 32.5 Å². The molecule has 0 bridgehead atoms. The van der Waals surface area contributed by atoms with E-state index in [1.54, 1.807) is 13.2 Å². The summed E-state index contributed by atoms with van der Waals surface area (Å²) in [5, 5.41) is 6.82. The number of benzene rings is 1. The Labute approximate surface area is 202 Å². The number of aliphatic imine (C=N–C) groups is 1. The van der Waals surface area contributed by atoms with E-state index in [9.17, 15) is 0 Å². The molecule has 0 saturated carbocycles. The predicted molar refractivity (Wildman–Crippen MR) is 135 cm³/mol. The van der Waals surface area contributed by atoms with E-state index in [1.165, 1.54) is 0 Å². The Morgan fingerprint density at radius 1 is 1.13 bits per heavy atom. The van der Waals surface area contributed by atoms with E-state index < -0.39 is 0 Å². The highest BCUT2D eigenvalue weighted by molar-refractivity contribution is 14.0. The SMILES string of the molecule is CN=C(NCc1ccnc(OCc2ccccc2)c1)NCC(C)(C)N1CCOCC1.I. The summed E-state index contributed by atoms with van der Waals surface area (Å²) in [5.41, 5.74) is 2.23. The zero-order valence-electron chi connectivity index (χ0n) is 18.6. The van der Waals surface area contributed by atoms with Crippen LogP contribution in [0.15, 0.2) is 53.7 Å². The van der Waals surface area contributed by atoms with Crippen LogP contribution in [0, 0.1) is 0 Å². The van der Waals surface area contributed by atoms with Crippen LogP contribution in [-0.2, 0) is 17.9 Å². The molecule has 0 spiro atoms. The van der Waals surface area contributed by atoms with Gasteiger partial charge in [0.05, 0.1) is 13.2 Å². The summed E-state index contributed by atoms with van der Waals surface area (Å²) in [4.78, 5) is 11.1. The number of nitrogens with one attached hydrogen (secondary N) is 2.